The molecule has 0 saturated carbocycles. The van der Waals surface area contributed by atoms with E-state index in [1.54, 1.807) is 11.6 Å². The van der Waals surface area contributed by atoms with Crippen LogP contribution in [0.25, 0.3) is 11.3 Å². The zero-order chi connectivity index (χ0) is 16.7. The number of hydrogen-bond donors (Lipinski definition) is 0. The van der Waals surface area contributed by atoms with Crippen LogP contribution in [0.3, 0.4) is 0 Å². The van der Waals surface area contributed by atoms with E-state index in [0.29, 0.717) is 5.69 Å². The minimum Gasteiger partial charge on any atom is -0.201 e. The Morgan fingerprint density at radius 1 is 1.12 bits per heavy atom. The van der Waals surface area contributed by atoms with Gasteiger partial charge >= 0.3 is 0 Å². The van der Waals surface area contributed by atoms with E-state index in [4.69, 9.17) is 8.22 Å². The minimum atomic E-state index is -2.39. The monoisotopic (exact) mass is 218 g/mol. The number of nitrogens with zero attached hydrogens (tertiary/aromatic N) is 1. The summed E-state index contributed by atoms with van der Waals surface area (Å²) in [5.41, 5.74) is 2.32. The highest BCUT2D eigenvalue weighted by Crippen LogP contribution is 2.23. The first kappa shape index (κ1) is 5.62. The van der Waals surface area contributed by atoms with E-state index in [1.165, 1.54) is 12.3 Å². The highest BCUT2D eigenvalue weighted by atomic mass is 14.9. The Bertz CT molecular complexity index is 700. The van der Waals surface area contributed by atoms with Gasteiger partial charge in [0.2, 0.25) is 5.69 Å². The van der Waals surface area contributed by atoms with Gasteiger partial charge in [-0.25, -0.2) is 4.57 Å². The summed E-state index contributed by atoms with van der Waals surface area (Å²) in [6, 6.07) is 8.74. The molecule has 1 heteroatoms. The summed E-state index contributed by atoms with van der Waals surface area (Å²) in [6.45, 7) is -2.84. The molecular formula is C15H18N+. The van der Waals surface area contributed by atoms with Gasteiger partial charge in [0.15, 0.2) is 6.20 Å². The lowest BCUT2D eigenvalue weighted by Gasteiger charge is -2.07. The molecule has 1 aromatic carbocycles. The molecule has 82 valence electrons. The molecule has 0 radical (unpaired) electrons. The van der Waals surface area contributed by atoms with Gasteiger partial charge < -0.3 is 0 Å². The van der Waals surface area contributed by atoms with Crippen molar-refractivity contribution in [2.75, 3.05) is 0 Å². The molecule has 0 aliphatic heterocycles. The quantitative estimate of drug-likeness (QED) is 0.648. The lowest BCUT2D eigenvalue weighted by molar-refractivity contribution is -0.661. The second-order valence-electron chi connectivity index (χ2n) is 3.92. The fourth-order valence-corrected chi connectivity index (χ4v) is 1.90. The molecule has 0 bridgehead atoms. The van der Waals surface area contributed by atoms with Gasteiger partial charge in [-0.1, -0.05) is 18.2 Å². The second-order valence-corrected chi connectivity index (χ2v) is 3.92. The molecule has 1 nitrogen and oxygen atoms in total. The predicted molar refractivity (Wildman–Crippen MR) is 67.3 cm³/mol. The maximum Gasteiger partial charge on any atom is 0.215 e. The topological polar surface area (TPSA) is 3.88 Å². The Kier molecular flexibility index (Phi) is 1.44. The van der Waals surface area contributed by atoms with Gasteiger partial charge in [-0.15, -0.1) is 0 Å². The first-order valence-corrected chi connectivity index (χ1v) is 5.12. The van der Waals surface area contributed by atoms with Crippen LogP contribution in [0.15, 0.2) is 36.5 Å². The Hall–Kier alpha value is -1.63. The average Bonchev–Trinajstić information content (AvgIpc) is 2.37. The lowest BCUT2D eigenvalue weighted by Crippen LogP contribution is -2.32. The maximum absolute atomic E-state index is 7.77. The molecular weight excluding hydrogens is 194 g/mol. The zero-order valence-electron chi connectivity index (χ0n) is 15.4. The Morgan fingerprint density at radius 2 is 1.94 bits per heavy atom. The SMILES string of the molecule is [2H]C([2H])([2H])c1cc(C([2H])([2H])[2H])c(-c2ccccc2C)[n+](C)c1. The number of rotatable bonds is 1. The molecule has 0 spiro atoms. The number of aryl methyl sites for hydroxylation is 4. The average molecular weight is 218 g/mol. The van der Waals surface area contributed by atoms with E-state index in [2.05, 4.69) is 0 Å². The predicted octanol–water partition coefficient (Wildman–Crippen LogP) is 3.10. The van der Waals surface area contributed by atoms with Gasteiger partial charge in [0.05, 0.1) is 0 Å². The van der Waals surface area contributed by atoms with E-state index >= 15 is 0 Å². The van der Waals surface area contributed by atoms with Crippen LogP contribution in [0, 0.1) is 20.6 Å². The Balaban J connectivity index is 2.82. The molecule has 0 fully saturated rings. The number of pyridine rings is 1. The van der Waals surface area contributed by atoms with Gasteiger partial charge in [-0.05, 0) is 38.3 Å². The lowest BCUT2D eigenvalue weighted by atomic mass is 10.0. The largest absolute Gasteiger partial charge is 0.215 e. The summed E-state index contributed by atoms with van der Waals surface area (Å²) < 4.78 is 47.5. The van der Waals surface area contributed by atoms with Crippen molar-refractivity contribution in [2.24, 2.45) is 7.05 Å². The normalized spacial score (nSPS) is 17.6. The molecule has 0 amide bonds. The minimum absolute atomic E-state index is 0.0264. The maximum atomic E-state index is 7.77. The van der Waals surface area contributed by atoms with Crippen LogP contribution in [-0.4, -0.2) is 0 Å². The molecule has 0 N–H and O–H groups in total. The molecule has 16 heavy (non-hydrogen) atoms. The van der Waals surface area contributed by atoms with Gasteiger partial charge in [-0.2, -0.15) is 0 Å². The van der Waals surface area contributed by atoms with Crippen LogP contribution in [-0.2, 0) is 7.05 Å². The van der Waals surface area contributed by atoms with Gasteiger partial charge in [0.25, 0.3) is 0 Å². The molecule has 1 heterocycles. The zero-order valence-corrected chi connectivity index (χ0v) is 9.41. The van der Waals surface area contributed by atoms with E-state index in [1.807, 2.05) is 31.2 Å². The molecule has 0 aliphatic carbocycles. The van der Waals surface area contributed by atoms with Gasteiger partial charge in [0, 0.05) is 24.9 Å². The van der Waals surface area contributed by atoms with Gasteiger partial charge in [-0.3, -0.25) is 0 Å². The third kappa shape index (κ3) is 1.85. The van der Waals surface area contributed by atoms with Crippen molar-refractivity contribution in [2.45, 2.75) is 20.6 Å². The number of benzene rings is 1. The third-order valence-corrected chi connectivity index (χ3v) is 2.64. The summed E-state index contributed by atoms with van der Waals surface area (Å²) in [5.74, 6) is 0. The van der Waals surface area contributed by atoms with Crippen molar-refractivity contribution in [3.63, 3.8) is 0 Å². The first-order valence-electron chi connectivity index (χ1n) is 8.12. The highest BCUT2D eigenvalue weighted by Gasteiger charge is 2.15. The summed E-state index contributed by atoms with van der Waals surface area (Å²) in [4.78, 5) is 0. The molecule has 0 unspecified atom stereocenters. The molecule has 2 aromatic rings. The molecule has 1 aromatic heterocycles. The standard InChI is InChI=1S/C15H18N/c1-11-9-13(3)15(16(4)10-11)14-8-6-5-7-12(14)2/h5-10H,1-4H3/q+1/i1D3,3D3. The first-order chi connectivity index (χ1) is 10.0. The van der Waals surface area contributed by atoms with Crippen LogP contribution < -0.4 is 4.57 Å². The van der Waals surface area contributed by atoms with E-state index in [9.17, 15) is 0 Å². The second kappa shape index (κ2) is 4.09. The van der Waals surface area contributed by atoms with Crippen molar-refractivity contribution < 1.29 is 12.8 Å². The number of aromatic nitrogens is 1. The van der Waals surface area contributed by atoms with Gasteiger partial charge in [0.1, 0.15) is 7.05 Å². The van der Waals surface area contributed by atoms with Crippen molar-refractivity contribution in [3.05, 3.63) is 53.2 Å². The summed E-state index contributed by atoms with van der Waals surface area (Å²) in [5, 5.41) is 0. The van der Waals surface area contributed by atoms with Crippen LogP contribution >= 0.6 is 0 Å². The van der Waals surface area contributed by atoms with Crippen molar-refractivity contribution in [1.82, 2.24) is 0 Å². The summed E-state index contributed by atoms with van der Waals surface area (Å²) in [6.07, 6.45) is 1.48. The van der Waals surface area contributed by atoms with E-state index < -0.39 is 13.7 Å². The Morgan fingerprint density at radius 3 is 2.62 bits per heavy atom. The smallest absolute Gasteiger partial charge is 0.201 e. The Labute approximate surface area is 106 Å². The molecule has 0 saturated heterocycles. The van der Waals surface area contributed by atoms with Crippen molar-refractivity contribution in [1.29, 1.82) is 0 Å². The summed E-state index contributed by atoms with van der Waals surface area (Å²) >= 11 is 0. The third-order valence-electron chi connectivity index (χ3n) is 2.64. The number of hydrogen-bond acceptors (Lipinski definition) is 0. The fraction of sp³-hybridized carbons (Fsp3) is 0.267. The van der Waals surface area contributed by atoms with Crippen molar-refractivity contribution >= 4 is 0 Å². The fourth-order valence-electron chi connectivity index (χ4n) is 1.90. The van der Waals surface area contributed by atoms with Crippen LogP contribution in [0.1, 0.15) is 24.9 Å². The molecule has 2 rings (SSSR count). The van der Waals surface area contributed by atoms with E-state index in [0.717, 1.165) is 11.1 Å². The van der Waals surface area contributed by atoms with Crippen LogP contribution in [0.2, 0.25) is 0 Å². The van der Waals surface area contributed by atoms with Crippen molar-refractivity contribution in [3.8, 4) is 11.3 Å². The molecule has 0 aliphatic rings. The van der Waals surface area contributed by atoms with Crippen LogP contribution in [0.4, 0.5) is 0 Å². The van der Waals surface area contributed by atoms with Crippen LogP contribution in [0.5, 0.6) is 0 Å². The highest BCUT2D eigenvalue weighted by molar-refractivity contribution is 5.63. The summed E-state index contributed by atoms with van der Waals surface area (Å²) in [7, 11) is 1.67. The molecule has 0 atom stereocenters. The van der Waals surface area contributed by atoms with E-state index in [-0.39, 0.29) is 11.1 Å².